The normalized spacial score (nSPS) is 21.1. The summed E-state index contributed by atoms with van der Waals surface area (Å²) in [6.07, 6.45) is -4.05. The molecule has 11 heteroatoms. The molecule has 0 bridgehead atoms. The molecule has 0 amide bonds. The molecule has 170 valence electrons. The van der Waals surface area contributed by atoms with Gasteiger partial charge in [-0.15, -0.1) is 0 Å². The van der Waals surface area contributed by atoms with Gasteiger partial charge in [0, 0.05) is 22.9 Å². The first kappa shape index (κ1) is 22.3. The van der Waals surface area contributed by atoms with Crippen LogP contribution in [0.15, 0.2) is 35.2 Å². The second kappa shape index (κ2) is 7.59. The number of nitrogens with two attached hydrogens (primary N) is 1. The van der Waals surface area contributed by atoms with Crippen molar-refractivity contribution in [2.45, 2.75) is 42.8 Å². The Kier molecular flexibility index (Phi) is 5.29. The van der Waals surface area contributed by atoms with Gasteiger partial charge in [0.2, 0.25) is 0 Å². The minimum atomic E-state index is -4.89. The van der Waals surface area contributed by atoms with Gasteiger partial charge < -0.3 is 11.1 Å². The third kappa shape index (κ3) is 3.75. The first-order chi connectivity index (χ1) is 14.9. The van der Waals surface area contributed by atoms with Crippen LogP contribution in [0.2, 0.25) is 0 Å². The van der Waals surface area contributed by atoms with Gasteiger partial charge in [-0.1, -0.05) is 30.7 Å². The second-order valence-corrected chi connectivity index (χ2v) is 9.40. The summed E-state index contributed by atoms with van der Waals surface area (Å²) >= 11 is 0. The number of nitrogens with one attached hydrogen (secondary N) is 1. The van der Waals surface area contributed by atoms with Crippen molar-refractivity contribution in [3.8, 4) is 0 Å². The summed E-state index contributed by atoms with van der Waals surface area (Å²) < 4.78 is 73.1. The number of alkyl halides is 3. The summed E-state index contributed by atoms with van der Waals surface area (Å²) in [7, 11) is -4.89. The van der Waals surface area contributed by atoms with E-state index < -0.39 is 56.0 Å². The summed E-state index contributed by atoms with van der Waals surface area (Å²) in [5.74, 6) is -2.87. The Morgan fingerprint density at radius 3 is 2.19 bits per heavy atom. The maximum Gasteiger partial charge on any atom is 0.391 e. The quantitative estimate of drug-likeness (QED) is 0.394. The molecule has 2 atom stereocenters. The molecule has 0 aliphatic heterocycles. The van der Waals surface area contributed by atoms with Gasteiger partial charge in [-0.2, -0.15) is 21.6 Å². The average molecular weight is 468 g/mol. The van der Waals surface area contributed by atoms with Crippen molar-refractivity contribution in [3.63, 3.8) is 0 Å². The van der Waals surface area contributed by atoms with Crippen LogP contribution in [0.25, 0.3) is 0 Å². The van der Waals surface area contributed by atoms with Gasteiger partial charge >= 0.3 is 6.18 Å². The zero-order valence-electron chi connectivity index (χ0n) is 16.6. The SMILES string of the molecule is Nc1c(S(=O)(=O)O)cc(NC2CCCC(C(F)(F)F)C2)c2c1C(=O)c1ccccc1C2=O. The Labute approximate surface area is 181 Å². The lowest BCUT2D eigenvalue weighted by atomic mass is 9.81. The number of ketones is 2. The summed E-state index contributed by atoms with van der Waals surface area (Å²) in [5, 5.41) is 2.83. The molecule has 0 heterocycles. The van der Waals surface area contributed by atoms with E-state index in [9.17, 15) is 35.7 Å². The molecule has 0 saturated heterocycles. The van der Waals surface area contributed by atoms with Crippen LogP contribution in [0.5, 0.6) is 0 Å². The fourth-order valence-corrected chi connectivity index (χ4v) is 5.11. The summed E-state index contributed by atoms with van der Waals surface area (Å²) in [4.78, 5) is 25.5. The molecule has 0 spiro atoms. The molecule has 7 nitrogen and oxygen atoms in total. The van der Waals surface area contributed by atoms with E-state index in [1.165, 1.54) is 18.2 Å². The number of fused-ring (bicyclic) bond motifs is 2. The lowest BCUT2D eigenvalue weighted by molar-refractivity contribution is -0.182. The third-order valence-electron chi connectivity index (χ3n) is 5.97. The maximum absolute atomic E-state index is 13.2. The number of nitrogen functional groups attached to an aromatic ring is 1. The number of anilines is 2. The molecule has 0 radical (unpaired) electrons. The van der Waals surface area contributed by atoms with Gasteiger partial charge in [-0.05, 0) is 25.3 Å². The highest BCUT2D eigenvalue weighted by molar-refractivity contribution is 7.86. The predicted octanol–water partition coefficient (Wildman–Crippen LogP) is 3.82. The Morgan fingerprint density at radius 2 is 1.62 bits per heavy atom. The van der Waals surface area contributed by atoms with E-state index in [2.05, 4.69) is 5.32 Å². The predicted molar refractivity (Wildman–Crippen MR) is 109 cm³/mol. The Bertz CT molecular complexity index is 1240. The zero-order valence-corrected chi connectivity index (χ0v) is 17.4. The molecule has 2 aliphatic rings. The number of carbonyl (C=O) groups is 2. The third-order valence-corrected chi connectivity index (χ3v) is 6.87. The van der Waals surface area contributed by atoms with Crippen LogP contribution in [0.1, 0.15) is 57.5 Å². The van der Waals surface area contributed by atoms with Crippen molar-refractivity contribution in [3.05, 3.63) is 52.6 Å². The van der Waals surface area contributed by atoms with Crippen LogP contribution < -0.4 is 11.1 Å². The van der Waals surface area contributed by atoms with Crippen molar-refractivity contribution in [1.29, 1.82) is 0 Å². The Hall–Kier alpha value is -2.92. The van der Waals surface area contributed by atoms with Crippen LogP contribution in [0, 0.1) is 5.92 Å². The Balaban J connectivity index is 1.86. The van der Waals surface area contributed by atoms with Gasteiger partial charge in [0.05, 0.1) is 22.7 Å². The molecule has 1 saturated carbocycles. The number of rotatable bonds is 3. The molecule has 0 aromatic heterocycles. The van der Waals surface area contributed by atoms with Crippen LogP contribution in [-0.4, -0.2) is 36.8 Å². The summed E-state index contributed by atoms with van der Waals surface area (Å²) in [6.45, 7) is 0. The topological polar surface area (TPSA) is 127 Å². The van der Waals surface area contributed by atoms with Crippen LogP contribution in [0.3, 0.4) is 0 Å². The first-order valence-corrected chi connectivity index (χ1v) is 11.3. The van der Waals surface area contributed by atoms with E-state index in [-0.39, 0.29) is 41.6 Å². The van der Waals surface area contributed by atoms with Gasteiger partial charge in [-0.25, -0.2) is 0 Å². The average Bonchev–Trinajstić information content (AvgIpc) is 2.71. The van der Waals surface area contributed by atoms with E-state index in [1.54, 1.807) is 6.07 Å². The molecule has 32 heavy (non-hydrogen) atoms. The van der Waals surface area contributed by atoms with Gasteiger partial charge in [-0.3, -0.25) is 14.1 Å². The fourth-order valence-electron chi connectivity index (χ4n) is 4.46. The maximum atomic E-state index is 13.2. The van der Waals surface area contributed by atoms with E-state index in [1.807, 2.05) is 0 Å². The number of hydrogen-bond donors (Lipinski definition) is 3. The van der Waals surface area contributed by atoms with E-state index in [0.29, 0.717) is 6.42 Å². The molecular weight excluding hydrogens is 449 g/mol. The molecule has 2 aliphatic carbocycles. The van der Waals surface area contributed by atoms with Gasteiger partial charge in [0.25, 0.3) is 10.1 Å². The number of benzene rings is 2. The van der Waals surface area contributed by atoms with E-state index in [0.717, 1.165) is 6.07 Å². The molecule has 2 unspecified atom stereocenters. The molecule has 4 N–H and O–H groups in total. The summed E-state index contributed by atoms with van der Waals surface area (Å²) in [5.41, 5.74) is 4.64. The highest BCUT2D eigenvalue weighted by Crippen LogP contribution is 2.42. The standard InChI is InChI=1S/C21H19F3N2O5S/c22-21(23,24)10-4-3-5-11(8-10)26-14-9-15(32(29,30)31)18(25)17-16(14)19(27)12-6-1-2-7-13(12)20(17)28/h1-2,6-7,9-11,26H,3-5,8,25H2,(H,29,30,31). The molecular formula is C21H19F3N2O5S. The van der Waals surface area contributed by atoms with Crippen LogP contribution >= 0.6 is 0 Å². The van der Waals surface area contributed by atoms with Gasteiger partial charge in [0.15, 0.2) is 11.6 Å². The van der Waals surface area contributed by atoms with Crippen LogP contribution in [-0.2, 0) is 10.1 Å². The highest BCUT2D eigenvalue weighted by atomic mass is 32.2. The van der Waals surface area contributed by atoms with Crippen molar-refractivity contribution < 1.29 is 35.7 Å². The molecule has 2 aromatic carbocycles. The monoisotopic (exact) mass is 468 g/mol. The number of carbonyl (C=O) groups excluding carboxylic acids is 2. The zero-order chi connectivity index (χ0) is 23.4. The second-order valence-electron chi connectivity index (χ2n) is 8.01. The first-order valence-electron chi connectivity index (χ1n) is 9.85. The summed E-state index contributed by atoms with van der Waals surface area (Å²) in [6, 6.07) is 6.07. The fraction of sp³-hybridized carbons (Fsp3) is 0.333. The lowest BCUT2D eigenvalue weighted by Gasteiger charge is -2.33. The molecule has 1 fully saturated rings. The Morgan fingerprint density at radius 1 is 1.03 bits per heavy atom. The number of hydrogen-bond acceptors (Lipinski definition) is 6. The largest absolute Gasteiger partial charge is 0.397 e. The van der Waals surface area contributed by atoms with Gasteiger partial charge in [0.1, 0.15) is 4.90 Å². The van der Waals surface area contributed by atoms with Crippen molar-refractivity contribution in [1.82, 2.24) is 0 Å². The van der Waals surface area contributed by atoms with Crippen molar-refractivity contribution in [2.24, 2.45) is 5.92 Å². The molecule has 2 aromatic rings. The highest BCUT2D eigenvalue weighted by Gasteiger charge is 2.43. The van der Waals surface area contributed by atoms with Crippen molar-refractivity contribution >= 4 is 33.1 Å². The smallest absolute Gasteiger partial charge is 0.391 e. The number of halogens is 3. The lowest BCUT2D eigenvalue weighted by Crippen LogP contribution is -2.35. The van der Waals surface area contributed by atoms with Crippen molar-refractivity contribution in [2.75, 3.05) is 11.1 Å². The van der Waals surface area contributed by atoms with E-state index in [4.69, 9.17) is 5.73 Å². The minimum absolute atomic E-state index is 0.0185. The van der Waals surface area contributed by atoms with E-state index >= 15 is 0 Å². The minimum Gasteiger partial charge on any atom is -0.397 e. The molecule has 4 rings (SSSR count). The van der Waals surface area contributed by atoms with Crippen LogP contribution in [0.4, 0.5) is 24.5 Å².